The fourth-order valence-corrected chi connectivity index (χ4v) is 1.44. The number of halogens is 2. The number of alkyl halides is 2. The van der Waals surface area contributed by atoms with Crippen LogP contribution in [0.25, 0.3) is 0 Å². The van der Waals surface area contributed by atoms with Crippen molar-refractivity contribution in [3.63, 3.8) is 0 Å². The molecule has 0 aliphatic rings. The van der Waals surface area contributed by atoms with E-state index in [-0.39, 0.29) is 5.78 Å². The molecular formula is C12H10Cl2O. The Balaban J connectivity index is 2.72. The van der Waals surface area contributed by atoms with E-state index in [1.54, 1.807) is 24.3 Å². The number of carbonyl (C=O) groups excluding carboxylic acids is 1. The lowest BCUT2D eigenvalue weighted by Gasteiger charge is -2.03. The zero-order valence-electron chi connectivity index (χ0n) is 8.04. The van der Waals surface area contributed by atoms with Crippen molar-refractivity contribution in [2.75, 3.05) is 0 Å². The van der Waals surface area contributed by atoms with Crippen molar-refractivity contribution >= 4 is 29.0 Å². The highest BCUT2D eigenvalue weighted by Gasteiger charge is 2.07. The first-order valence-corrected chi connectivity index (χ1v) is 5.37. The molecule has 0 amide bonds. The molecule has 0 N–H and O–H groups in total. The first-order valence-electron chi connectivity index (χ1n) is 4.50. The average molecular weight is 241 g/mol. The van der Waals surface area contributed by atoms with Crippen molar-refractivity contribution in [3.8, 4) is 12.3 Å². The maximum Gasteiger partial charge on any atom is 0.163 e. The van der Waals surface area contributed by atoms with Crippen LogP contribution in [0.15, 0.2) is 24.3 Å². The number of terminal acetylenes is 1. The van der Waals surface area contributed by atoms with E-state index >= 15 is 0 Å². The van der Waals surface area contributed by atoms with E-state index < -0.39 is 4.84 Å². The molecule has 78 valence electrons. The van der Waals surface area contributed by atoms with E-state index in [1.807, 2.05) is 0 Å². The van der Waals surface area contributed by atoms with Crippen molar-refractivity contribution in [2.45, 2.75) is 17.7 Å². The quantitative estimate of drug-likeness (QED) is 0.445. The monoisotopic (exact) mass is 240 g/mol. The van der Waals surface area contributed by atoms with Gasteiger partial charge in [-0.2, -0.15) is 0 Å². The van der Waals surface area contributed by atoms with Crippen molar-refractivity contribution in [2.24, 2.45) is 0 Å². The molecule has 0 atom stereocenters. The molecular weight excluding hydrogens is 231 g/mol. The molecule has 0 radical (unpaired) electrons. The lowest BCUT2D eigenvalue weighted by Crippen LogP contribution is -1.98. The highest BCUT2D eigenvalue weighted by atomic mass is 35.5. The normalized spacial score (nSPS) is 10.0. The smallest absolute Gasteiger partial charge is 0.163 e. The Kier molecular flexibility index (Phi) is 4.68. The summed E-state index contributed by atoms with van der Waals surface area (Å²) < 4.78 is 0. The van der Waals surface area contributed by atoms with Gasteiger partial charge in [0.2, 0.25) is 0 Å². The third-order valence-electron chi connectivity index (χ3n) is 1.98. The highest BCUT2D eigenvalue weighted by Crippen LogP contribution is 2.24. The van der Waals surface area contributed by atoms with Gasteiger partial charge in [0.1, 0.15) is 4.84 Å². The fourth-order valence-electron chi connectivity index (χ4n) is 1.14. The van der Waals surface area contributed by atoms with Crippen LogP contribution < -0.4 is 0 Å². The van der Waals surface area contributed by atoms with E-state index in [0.717, 1.165) is 5.56 Å². The number of hydrogen-bond acceptors (Lipinski definition) is 1. The van der Waals surface area contributed by atoms with Gasteiger partial charge in [-0.05, 0) is 5.56 Å². The van der Waals surface area contributed by atoms with Crippen LogP contribution in [-0.4, -0.2) is 5.78 Å². The van der Waals surface area contributed by atoms with E-state index in [1.165, 1.54) is 0 Å². The molecule has 0 fully saturated rings. The van der Waals surface area contributed by atoms with Crippen LogP contribution in [0.2, 0.25) is 0 Å². The third-order valence-corrected chi connectivity index (χ3v) is 2.48. The van der Waals surface area contributed by atoms with Crippen LogP contribution in [-0.2, 0) is 0 Å². The number of rotatable bonds is 4. The summed E-state index contributed by atoms with van der Waals surface area (Å²) in [5, 5.41) is 0. The molecule has 0 aliphatic heterocycles. The second-order valence-electron chi connectivity index (χ2n) is 3.05. The van der Waals surface area contributed by atoms with E-state index in [0.29, 0.717) is 18.4 Å². The van der Waals surface area contributed by atoms with Gasteiger partial charge in [-0.25, -0.2) is 0 Å². The van der Waals surface area contributed by atoms with Crippen LogP contribution in [0, 0.1) is 12.3 Å². The molecule has 1 aromatic carbocycles. The Morgan fingerprint density at radius 3 is 2.40 bits per heavy atom. The summed E-state index contributed by atoms with van der Waals surface area (Å²) in [6, 6.07) is 6.92. The largest absolute Gasteiger partial charge is 0.294 e. The van der Waals surface area contributed by atoms with Gasteiger partial charge >= 0.3 is 0 Å². The SMILES string of the molecule is C#CCCC(=O)c1ccc(C(Cl)Cl)cc1. The molecule has 0 aliphatic carbocycles. The third kappa shape index (κ3) is 3.58. The molecule has 0 spiro atoms. The van der Waals surface area contributed by atoms with E-state index in [4.69, 9.17) is 29.6 Å². The summed E-state index contributed by atoms with van der Waals surface area (Å²) in [6.07, 6.45) is 5.92. The summed E-state index contributed by atoms with van der Waals surface area (Å²) in [4.78, 5) is 11.0. The second kappa shape index (κ2) is 5.80. The summed E-state index contributed by atoms with van der Waals surface area (Å²) in [7, 11) is 0. The molecule has 0 heterocycles. The van der Waals surface area contributed by atoms with Crippen LogP contribution in [0.5, 0.6) is 0 Å². The molecule has 1 nitrogen and oxygen atoms in total. The molecule has 0 aromatic heterocycles. The van der Waals surface area contributed by atoms with Gasteiger partial charge in [0.05, 0.1) is 0 Å². The highest BCUT2D eigenvalue weighted by molar-refractivity contribution is 6.44. The first kappa shape index (κ1) is 12.1. The topological polar surface area (TPSA) is 17.1 Å². The van der Waals surface area contributed by atoms with Crippen LogP contribution in [0.4, 0.5) is 0 Å². The average Bonchev–Trinajstić information content (AvgIpc) is 2.26. The van der Waals surface area contributed by atoms with Gasteiger partial charge in [0.25, 0.3) is 0 Å². The molecule has 1 aromatic rings. The summed E-state index contributed by atoms with van der Waals surface area (Å²) in [6.45, 7) is 0. The predicted molar refractivity (Wildman–Crippen MR) is 63.3 cm³/mol. The van der Waals surface area contributed by atoms with Crippen molar-refractivity contribution in [3.05, 3.63) is 35.4 Å². The standard InChI is InChI=1S/C12H10Cl2O/c1-2-3-4-11(15)9-5-7-10(8-6-9)12(13)14/h1,5-8,12H,3-4H2. The zero-order valence-corrected chi connectivity index (χ0v) is 9.55. The Morgan fingerprint density at radius 1 is 1.33 bits per heavy atom. The Hall–Kier alpha value is -0.970. The minimum Gasteiger partial charge on any atom is -0.294 e. The van der Waals surface area contributed by atoms with Crippen molar-refractivity contribution < 1.29 is 4.79 Å². The molecule has 0 saturated carbocycles. The van der Waals surface area contributed by atoms with Crippen LogP contribution >= 0.6 is 23.2 Å². The minimum absolute atomic E-state index is 0.0418. The van der Waals surface area contributed by atoms with E-state index in [2.05, 4.69) is 5.92 Å². The number of hydrogen-bond donors (Lipinski definition) is 0. The maximum atomic E-state index is 11.5. The van der Waals surface area contributed by atoms with E-state index in [9.17, 15) is 4.79 Å². The minimum atomic E-state index is -0.556. The maximum absolute atomic E-state index is 11.5. The first-order chi connectivity index (χ1) is 7.15. The fraction of sp³-hybridized carbons (Fsp3) is 0.250. The molecule has 0 saturated heterocycles. The molecule has 0 unspecified atom stereocenters. The van der Waals surface area contributed by atoms with Gasteiger partial charge in [-0.1, -0.05) is 24.3 Å². The molecule has 0 bridgehead atoms. The van der Waals surface area contributed by atoms with Crippen molar-refractivity contribution in [1.82, 2.24) is 0 Å². The number of benzene rings is 1. The Bertz CT molecular complexity index is 374. The predicted octanol–water partition coefficient (Wildman–Crippen LogP) is 3.76. The van der Waals surface area contributed by atoms with Crippen molar-refractivity contribution in [1.29, 1.82) is 0 Å². The van der Waals surface area contributed by atoms with Crippen LogP contribution in [0.3, 0.4) is 0 Å². The molecule has 15 heavy (non-hydrogen) atoms. The zero-order chi connectivity index (χ0) is 11.3. The molecule has 1 rings (SSSR count). The van der Waals surface area contributed by atoms with Gasteiger partial charge in [-0.15, -0.1) is 35.5 Å². The summed E-state index contributed by atoms with van der Waals surface area (Å²) >= 11 is 11.3. The number of carbonyl (C=O) groups is 1. The lowest BCUT2D eigenvalue weighted by atomic mass is 10.1. The number of Topliss-reactive ketones (excluding diaryl/α,β-unsaturated/α-hetero) is 1. The second-order valence-corrected chi connectivity index (χ2v) is 4.15. The van der Waals surface area contributed by atoms with Crippen LogP contribution in [0.1, 0.15) is 33.6 Å². The van der Waals surface area contributed by atoms with Gasteiger partial charge in [-0.3, -0.25) is 4.79 Å². The molecule has 3 heteroatoms. The van der Waals surface area contributed by atoms with Gasteiger partial charge < -0.3 is 0 Å². The lowest BCUT2D eigenvalue weighted by molar-refractivity contribution is 0.0984. The summed E-state index contributed by atoms with van der Waals surface area (Å²) in [5.41, 5.74) is 1.43. The Morgan fingerprint density at radius 2 is 1.93 bits per heavy atom. The Labute approximate surface area is 99.4 Å². The van der Waals surface area contributed by atoms with Gasteiger partial charge in [0.15, 0.2) is 5.78 Å². The number of ketones is 1. The summed E-state index contributed by atoms with van der Waals surface area (Å²) in [5.74, 6) is 2.48. The van der Waals surface area contributed by atoms with Gasteiger partial charge in [0, 0.05) is 18.4 Å².